The summed E-state index contributed by atoms with van der Waals surface area (Å²) < 4.78 is 23.7. The molecule has 6 rings (SSSR count). The zero-order valence-electron chi connectivity index (χ0n) is 29.1. The zero-order valence-corrected chi connectivity index (χ0v) is 29.1. The van der Waals surface area contributed by atoms with E-state index in [9.17, 15) is 19.8 Å². The third kappa shape index (κ3) is 5.49. The number of benzene rings is 2. The fourth-order valence-electron chi connectivity index (χ4n) is 9.10. The number of ether oxygens (including phenoxy) is 4. The quantitative estimate of drug-likeness (QED) is 0.367. The number of carbonyl (C=O) groups is 2. The number of hydrogen-bond donors (Lipinski definition) is 2. The first-order valence-electron chi connectivity index (χ1n) is 16.5. The van der Waals surface area contributed by atoms with E-state index in [1.54, 1.807) is 26.4 Å². The SMILES string of the molecule is COc1cc(C=O)cc2c1O[C@]1(C)C[C@@H](O)[C@@H](C)C(C)(C)[C@H]1C2.COc1cc(C=O)cc2c1O[C@]1(C)C[C@H](O)[C@@H](C)C(C)(C)[C@H]1C2. The lowest BCUT2D eigenvalue weighted by molar-refractivity contribution is -0.154. The van der Waals surface area contributed by atoms with E-state index in [2.05, 4.69) is 55.4 Å². The van der Waals surface area contributed by atoms with E-state index >= 15 is 0 Å². The van der Waals surface area contributed by atoms with Gasteiger partial charge in [0.15, 0.2) is 23.0 Å². The Labute approximate surface area is 273 Å². The van der Waals surface area contributed by atoms with Crippen molar-refractivity contribution in [3.05, 3.63) is 46.5 Å². The molecule has 2 aromatic rings. The molecule has 252 valence electrons. The molecule has 2 aromatic carbocycles. The van der Waals surface area contributed by atoms with Crippen LogP contribution in [0.25, 0.3) is 0 Å². The first-order chi connectivity index (χ1) is 21.4. The highest BCUT2D eigenvalue weighted by Gasteiger charge is 2.58. The van der Waals surface area contributed by atoms with Gasteiger partial charge < -0.3 is 29.2 Å². The van der Waals surface area contributed by atoms with Crippen molar-refractivity contribution < 1.29 is 38.7 Å². The Kier molecular flexibility index (Phi) is 8.82. The molecule has 4 aliphatic rings. The lowest BCUT2D eigenvalue weighted by Gasteiger charge is -2.57. The van der Waals surface area contributed by atoms with Crippen LogP contribution in [0.1, 0.15) is 100 Å². The molecule has 0 saturated heterocycles. The van der Waals surface area contributed by atoms with E-state index in [0.717, 1.165) is 48.0 Å². The Balaban J connectivity index is 0.000000181. The maximum atomic E-state index is 11.2. The summed E-state index contributed by atoms with van der Waals surface area (Å²) >= 11 is 0. The first kappa shape index (κ1) is 34.2. The number of aldehydes is 2. The molecule has 0 radical (unpaired) electrons. The molecule has 2 aliphatic carbocycles. The summed E-state index contributed by atoms with van der Waals surface area (Å²) in [6.07, 6.45) is 3.80. The van der Waals surface area contributed by atoms with Gasteiger partial charge in [0.25, 0.3) is 0 Å². The van der Waals surface area contributed by atoms with Gasteiger partial charge in [-0.3, -0.25) is 9.59 Å². The molecule has 8 heteroatoms. The van der Waals surface area contributed by atoms with Gasteiger partial charge in [-0.25, -0.2) is 0 Å². The van der Waals surface area contributed by atoms with Gasteiger partial charge in [-0.1, -0.05) is 41.5 Å². The molecule has 0 amide bonds. The maximum Gasteiger partial charge on any atom is 0.165 e. The number of aliphatic hydroxyl groups excluding tert-OH is 2. The molecule has 2 fully saturated rings. The zero-order chi connectivity index (χ0) is 34.0. The maximum absolute atomic E-state index is 11.2. The van der Waals surface area contributed by atoms with Crippen LogP contribution in [-0.4, -0.2) is 60.4 Å². The summed E-state index contributed by atoms with van der Waals surface area (Å²) in [5.74, 6) is 3.55. The molecular weight excluding hydrogens is 584 g/mol. The Hall–Kier alpha value is -3.10. The van der Waals surface area contributed by atoms with Crippen molar-refractivity contribution in [3.8, 4) is 23.0 Å². The predicted molar refractivity (Wildman–Crippen MR) is 176 cm³/mol. The van der Waals surface area contributed by atoms with E-state index in [1.807, 2.05) is 12.1 Å². The van der Waals surface area contributed by atoms with Crippen molar-refractivity contribution in [1.29, 1.82) is 0 Å². The second kappa shape index (κ2) is 11.9. The molecule has 2 heterocycles. The van der Waals surface area contributed by atoms with Gasteiger partial charge >= 0.3 is 0 Å². The number of aliphatic hydroxyl groups is 2. The van der Waals surface area contributed by atoms with Gasteiger partial charge in [0.1, 0.15) is 23.8 Å². The standard InChI is InChI=1S/2C19H26O4/c2*1-11-14(21)9-19(4)16(18(11,2)3)8-13-6-12(10-20)7-15(22-5)17(13)23-19/h2*6-7,10-11,14,16,21H,8-9H2,1-5H3/t11-,14+,16-,19-;11-,14-,16-,19-/m11/s1. The molecule has 8 atom stereocenters. The van der Waals surface area contributed by atoms with Gasteiger partial charge in [-0.05, 0) is 84.7 Å². The van der Waals surface area contributed by atoms with Gasteiger partial charge in [0, 0.05) is 35.8 Å². The predicted octanol–water partition coefficient (Wildman–Crippen LogP) is 6.49. The lowest BCUT2D eigenvalue weighted by Crippen LogP contribution is -2.60. The van der Waals surface area contributed by atoms with Crippen LogP contribution < -0.4 is 18.9 Å². The summed E-state index contributed by atoms with van der Waals surface area (Å²) in [6.45, 7) is 17.2. The summed E-state index contributed by atoms with van der Waals surface area (Å²) in [4.78, 5) is 22.4. The van der Waals surface area contributed by atoms with E-state index in [-0.39, 0.29) is 46.7 Å². The molecule has 46 heavy (non-hydrogen) atoms. The topological polar surface area (TPSA) is 112 Å². The second-order valence-corrected chi connectivity index (χ2v) is 15.8. The van der Waals surface area contributed by atoms with Crippen LogP contribution in [0.15, 0.2) is 24.3 Å². The summed E-state index contributed by atoms with van der Waals surface area (Å²) in [5.41, 5.74) is 2.26. The Morgan fingerprint density at radius 3 is 1.33 bits per heavy atom. The molecule has 0 spiro atoms. The van der Waals surface area contributed by atoms with E-state index in [4.69, 9.17) is 18.9 Å². The molecule has 8 nitrogen and oxygen atoms in total. The van der Waals surface area contributed by atoms with Crippen molar-refractivity contribution in [2.24, 2.45) is 34.5 Å². The van der Waals surface area contributed by atoms with E-state index in [0.29, 0.717) is 35.5 Å². The van der Waals surface area contributed by atoms with Crippen molar-refractivity contribution in [2.75, 3.05) is 14.2 Å². The number of carbonyl (C=O) groups excluding carboxylic acids is 2. The smallest absolute Gasteiger partial charge is 0.165 e. The molecule has 0 bridgehead atoms. The van der Waals surface area contributed by atoms with Crippen LogP contribution in [0.5, 0.6) is 23.0 Å². The molecule has 0 unspecified atom stereocenters. The minimum Gasteiger partial charge on any atom is -0.493 e. The van der Waals surface area contributed by atoms with Crippen molar-refractivity contribution in [1.82, 2.24) is 0 Å². The van der Waals surface area contributed by atoms with Crippen LogP contribution in [-0.2, 0) is 12.8 Å². The fraction of sp³-hybridized carbons (Fsp3) is 0.632. The van der Waals surface area contributed by atoms with E-state index in [1.165, 1.54) is 0 Å². The van der Waals surface area contributed by atoms with Crippen molar-refractivity contribution in [3.63, 3.8) is 0 Å². The molecule has 2 aliphatic heterocycles. The number of fused-ring (bicyclic) bond motifs is 4. The largest absolute Gasteiger partial charge is 0.493 e. The minimum absolute atomic E-state index is 0.0610. The number of methoxy groups -OCH3 is 2. The molecule has 0 aromatic heterocycles. The minimum atomic E-state index is -0.432. The van der Waals surface area contributed by atoms with Crippen molar-refractivity contribution >= 4 is 12.6 Å². The normalized spacial score (nSPS) is 34.8. The van der Waals surface area contributed by atoms with Crippen LogP contribution >= 0.6 is 0 Å². The Morgan fingerprint density at radius 2 is 1.02 bits per heavy atom. The Bertz CT molecular complexity index is 1380. The van der Waals surface area contributed by atoms with Crippen LogP contribution in [0, 0.1) is 34.5 Å². The first-order valence-corrected chi connectivity index (χ1v) is 16.5. The Morgan fingerprint density at radius 1 is 0.674 bits per heavy atom. The fourth-order valence-corrected chi connectivity index (χ4v) is 9.10. The second-order valence-electron chi connectivity index (χ2n) is 15.8. The molecular formula is C38H52O8. The summed E-state index contributed by atoms with van der Waals surface area (Å²) in [5, 5.41) is 21.0. The highest BCUT2D eigenvalue weighted by molar-refractivity contribution is 5.78. The lowest BCUT2D eigenvalue weighted by atomic mass is 9.54. The third-order valence-electron chi connectivity index (χ3n) is 12.5. The summed E-state index contributed by atoms with van der Waals surface area (Å²) in [7, 11) is 3.17. The van der Waals surface area contributed by atoms with E-state index < -0.39 is 11.2 Å². The van der Waals surface area contributed by atoms with Crippen molar-refractivity contribution in [2.45, 2.75) is 104 Å². The van der Waals surface area contributed by atoms with Crippen LogP contribution in [0.2, 0.25) is 0 Å². The highest BCUT2D eigenvalue weighted by atomic mass is 16.5. The number of hydrogen-bond acceptors (Lipinski definition) is 8. The van der Waals surface area contributed by atoms with Crippen LogP contribution in [0.3, 0.4) is 0 Å². The van der Waals surface area contributed by atoms with Gasteiger partial charge in [0.2, 0.25) is 0 Å². The monoisotopic (exact) mass is 636 g/mol. The highest BCUT2D eigenvalue weighted by Crippen LogP contribution is 2.58. The van der Waals surface area contributed by atoms with Gasteiger partial charge in [0.05, 0.1) is 26.4 Å². The van der Waals surface area contributed by atoms with Crippen LogP contribution in [0.4, 0.5) is 0 Å². The molecule has 2 N–H and O–H groups in total. The number of rotatable bonds is 4. The molecule has 2 saturated carbocycles. The average Bonchev–Trinajstić information content (AvgIpc) is 3.01. The van der Waals surface area contributed by atoms with Gasteiger partial charge in [-0.2, -0.15) is 0 Å². The third-order valence-corrected chi connectivity index (χ3v) is 12.5. The van der Waals surface area contributed by atoms with Gasteiger partial charge in [-0.15, -0.1) is 0 Å². The summed E-state index contributed by atoms with van der Waals surface area (Å²) in [6, 6.07) is 7.22. The average molecular weight is 637 g/mol.